The molecule has 0 aromatic heterocycles. The van der Waals surface area contributed by atoms with Crippen molar-refractivity contribution in [2.45, 2.75) is 0 Å². The lowest BCUT2D eigenvalue weighted by Crippen LogP contribution is -1.82. The Labute approximate surface area is 152 Å². The topological polar surface area (TPSA) is 60.2 Å². The predicted octanol–water partition coefficient (Wildman–Crippen LogP) is 6.05. The summed E-state index contributed by atoms with van der Waals surface area (Å²) in [6.07, 6.45) is 2.87. The first-order valence-electron chi connectivity index (χ1n) is 5.99. The van der Waals surface area contributed by atoms with E-state index in [0.717, 1.165) is 6.20 Å². The van der Waals surface area contributed by atoms with Gasteiger partial charge in [-0.2, -0.15) is 0 Å². The van der Waals surface area contributed by atoms with Crippen LogP contribution in [0.5, 0.6) is 0 Å². The van der Waals surface area contributed by atoms with E-state index in [2.05, 4.69) is 0 Å². The molecule has 0 amide bonds. The fourth-order valence-electron chi connectivity index (χ4n) is 1.46. The summed E-state index contributed by atoms with van der Waals surface area (Å²) in [5, 5.41) is 11.9. The molecule has 0 heterocycles. The number of benzene rings is 2. The lowest BCUT2D eigenvalue weighted by molar-refractivity contribution is -0.400. The Morgan fingerprint density at radius 3 is 1.52 bits per heavy atom. The summed E-state index contributed by atoms with van der Waals surface area (Å²) >= 11 is 22.5. The monoisotopic (exact) mass is 391 g/mol. The SMILES string of the molecule is O=Cc1cc(Cl)cc(Cl)c1.O=[N+]([O-])/C=C/c1cc(Cl)cc(Cl)c1. The molecule has 8 heteroatoms. The van der Waals surface area contributed by atoms with Gasteiger partial charge in [-0.15, -0.1) is 0 Å². The molecule has 0 fully saturated rings. The van der Waals surface area contributed by atoms with Crippen molar-refractivity contribution in [2.75, 3.05) is 0 Å². The van der Waals surface area contributed by atoms with Crippen molar-refractivity contribution < 1.29 is 9.72 Å². The van der Waals surface area contributed by atoms with E-state index in [-0.39, 0.29) is 0 Å². The molecule has 0 N–H and O–H groups in total. The highest BCUT2D eigenvalue weighted by Gasteiger charge is 1.96. The van der Waals surface area contributed by atoms with Gasteiger partial charge in [0.15, 0.2) is 0 Å². The minimum absolute atomic E-state index is 0.454. The van der Waals surface area contributed by atoms with Crippen LogP contribution in [-0.4, -0.2) is 11.2 Å². The van der Waals surface area contributed by atoms with Crippen molar-refractivity contribution >= 4 is 58.8 Å². The average Bonchev–Trinajstić information content (AvgIpc) is 2.43. The van der Waals surface area contributed by atoms with E-state index in [0.29, 0.717) is 37.5 Å². The fraction of sp³-hybridized carbons (Fsp3) is 0. The van der Waals surface area contributed by atoms with Crippen LogP contribution in [0.1, 0.15) is 15.9 Å². The van der Waals surface area contributed by atoms with Gasteiger partial charge in [-0.1, -0.05) is 46.4 Å². The molecule has 0 unspecified atom stereocenters. The van der Waals surface area contributed by atoms with Gasteiger partial charge in [0.1, 0.15) is 6.29 Å². The van der Waals surface area contributed by atoms with E-state index in [9.17, 15) is 14.9 Å². The Hall–Kier alpha value is -1.59. The first-order chi connectivity index (χ1) is 10.8. The molecule has 0 aliphatic carbocycles. The first-order valence-corrected chi connectivity index (χ1v) is 7.50. The molecule has 0 aliphatic heterocycles. The Balaban J connectivity index is 0.000000238. The number of hydrogen-bond donors (Lipinski definition) is 0. The number of carbonyl (C=O) groups is 1. The number of nitro groups is 1. The second kappa shape index (κ2) is 9.53. The second-order valence-electron chi connectivity index (χ2n) is 4.12. The van der Waals surface area contributed by atoms with Crippen LogP contribution in [0.4, 0.5) is 0 Å². The smallest absolute Gasteiger partial charge is 0.235 e. The van der Waals surface area contributed by atoms with Crippen molar-refractivity contribution in [1.82, 2.24) is 0 Å². The Morgan fingerprint density at radius 1 is 0.783 bits per heavy atom. The molecule has 0 radical (unpaired) electrons. The normalized spacial score (nSPS) is 10.1. The van der Waals surface area contributed by atoms with Crippen LogP contribution in [0.2, 0.25) is 20.1 Å². The zero-order chi connectivity index (χ0) is 17.4. The summed E-state index contributed by atoms with van der Waals surface area (Å²) in [4.78, 5) is 19.6. The summed E-state index contributed by atoms with van der Waals surface area (Å²) in [6.45, 7) is 0. The van der Waals surface area contributed by atoms with Crippen molar-refractivity contribution in [3.05, 3.63) is 83.9 Å². The molecule has 23 heavy (non-hydrogen) atoms. The summed E-state index contributed by atoms with van der Waals surface area (Å²) in [7, 11) is 0. The number of halogens is 4. The molecule has 2 aromatic rings. The summed E-state index contributed by atoms with van der Waals surface area (Å²) in [5.74, 6) is 0. The quantitative estimate of drug-likeness (QED) is 0.363. The maximum atomic E-state index is 10.2. The van der Waals surface area contributed by atoms with Crippen molar-refractivity contribution in [3.8, 4) is 0 Å². The van der Waals surface area contributed by atoms with Gasteiger partial charge in [-0.05, 0) is 42.0 Å². The third kappa shape index (κ3) is 8.00. The van der Waals surface area contributed by atoms with Crippen molar-refractivity contribution in [1.29, 1.82) is 0 Å². The zero-order valence-corrected chi connectivity index (χ0v) is 14.4. The van der Waals surface area contributed by atoms with Crippen molar-refractivity contribution in [2.24, 2.45) is 0 Å². The maximum absolute atomic E-state index is 10.2. The van der Waals surface area contributed by atoms with Gasteiger partial charge >= 0.3 is 0 Å². The van der Waals surface area contributed by atoms with E-state index >= 15 is 0 Å². The Kier molecular flexibility index (Phi) is 8.06. The molecule has 0 bridgehead atoms. The molecule has 4 nitrogen and oxygen atoms in total. The van der Waals surface area contributed by atoms with Crippen LogP contribution in [0.3, 0.4) is 0 Å². The molecule has 0 saturated carbocycles. The minimum atomic E-state index is -0.547. The van der Waals surface area contributed by atoms with Gasteiger partial charge in [-0.3, -0.25) is 14.9 Å². The van der Waals surface area contributed by atoms with Crippen LogP contribution in [-0.2, 0) is 0 Å². The number of rotatable bonds is 3. The van der Waals surface area contributed by atoms with Crippen molar-refractivity contribution in [3.63, 3.8) is 0 Å². The van der Waals surface area contributed by atoms with Crippen LogP contribution in [0.25, 0.3) is 6.08 Å². The summed E-state index contributed by atoms with van der Waals surface area (Å²) in [6, 6.07) is 9.43. The third-order valence-electron chi connectivity index (χ3n) is 2.29. The van der Waals surface area contributed by atoms with Gasteiger partial charge in [0.2, 0.25) is 6.20 Å². The van der Waals surface area contributed by atoms with Crippen LogP contribution in [0, 0.1) is 10.1 Å². The molecule has 2 rings (SSSR count). The molecule has 0 atom stereocenters. The number of nitrogens with zero attached hydrogens (tertiary/aromatic N) is 1. The van der Waals surface area contributed by atoms with E-state index in [1.165, 1.54) is 6.08 Å². The van der Waals surface area contributed by atoms with E-state index in [1.807, 2.05) is 0 Å². The Morgan fingerprint density at radius 2 is 1.17 bits per heavy atom. The first kappa shape index (κ1) is 19.5. The fourth-order valence-corrected chi connectivity index (χ4v) is 2.55. The molecular weight excluding hydrogens is 384 g/mol. The lowest BCUT2D eigenvalue weighted by atomic mass is 10.2. The largest absolute Gasteiger partial charge is 0.298 e. The molecule has 2 aromatic carbocycles. The van der Waals surface area contributed by atoms with Gasteiger partial charge in [-0.25, -0.2) is 0 Å². The zero-order valence-electron chi connectivity index (χ0n) is 11.4. The van der Waals surface area contributed by atoms with Gasteiger partial charge in [0.25, 0.3) is 0 Å². The van der Waals surface area contributed by atoms with Crippen LogP contribution >= 0.6 is 46.4 Å². The predicted molar refractivity (Wildman–Crippen MR) is 94.3 cm³/mol. The van der Waals surface area contributed by atoms with Gasteiger partial charge in [0.05, 0.1) is 4.92 Å². The molecule has 0 saturated heterocycles. The highest BCUT2D eigenvalue weighted by Crippen LogP contribution is 2.20. The highest BCUT2D eigenvalue weighted by atomic mass is 35.5. The number of carbonyl (C=O) groups excluding carboxylic acids is 1. The molecule has 0 aliphatic rings. The second-order valence-corrected chi connectivity index (χ2v) is 5.87. The minimum Gasteiger partial charge on any atom is -0.298 e. The number of hydrogen-bond acceptors (Lipinski definition) is 3. The highest BCUT2D eigenvalue weighted by molar-refractivity contribution is 6.35. The van der Waals surface area contributed by atoms with Crippen LogP contribution in [0.15, 0.2) is 42.6 Å². The van der Waals surface area contributed by atoms with E-state index < -0.39 is 4.92 Å². The van der Waals surface area contributed by atoms with E-state index in [1.54, 1.807) is 36.4 Å². The van der Waals surface area contributed by atoms with E-state index in [4.69, 9.17) is 46.4 Å². The van der Waals surface area contributed by atoms with Gasteiger partial charge in [0, 0.05) is 31.7 Å². The number of aldehydes is 1. The maximum Gasteiger partial charge on any atom is 0.235 e. The lowest BCUT2D eigenvalue weighted by Gasteiger charge is -1.94. The third-order valence-corrected chi connectivity index (χ3v) is 3.17. The molecule has 0 spiro atoms. The standard InChI is InChI=1S/C8H5Cl2NO2.C7H4Cl2O/c9-7-3-6(1-2-11(12)13)4-8(10)5-7;8-6-1-5(4-10)2-7(9)3-6/h1-5H;1-4H/b2-1+;. The molecular formula is C15H9Cl4NO3. The Bertz CT molecular complexity index is 707. The summed E-state index contributed by atoms with van der Waals surface area (Å²) < 4.78 is 0. The molecule has 120 valence electrons. The average molecular weight is 393 g/mol. The van der Waals surface area contributed by atoms with Crippen LogP contribution < -0.4 is 0 Å². The van der Waals surface area contributed by atoms with Gasteiger partial charge < -0.3 is 0 Å². The summed E-state index contributed by atoms with van der Waals surface area (Å²) in [5.41, 5.74) is 1.10.